The number of hydrogen-bond acceptors (Lipinski definition) is 5. The second-order valence-electron chi connectivity index (χ2n) is 11.3. The van der Waals surface area contributed by atoms with Crippen LogP contribution >= 0.6 is 0 Å². The Labute approximate surface area is 195 Å². The van der Waals surface area contributed by atoms with Crippen LogP contribution in [0.15, 0.2) is 0 Å². The number of amides is 3. The van der Waals surface area contributed by atoms with Crippen LogP contribution in [0.1, 0.15) is 87.9 Å². The molecule has 2 aliphatic rings. The second kappa shape index (κ2) is 11.6. The third kappa shape index (κ3) is 7.84. The fraction of sp³-hybridized carbons (Fsp3) is 0.880. The number of imide groups is 1. The highest BCUT2D eigenvalue weighted by molar-refractivity contribution is 6.03. The monoisotopic (exact) mass is 454 g/mol. The van der Waals surface area contributed by atoms with E-state index in [4.69, 9.17) is 9.47 Å². The summed E-state index contributed by atoms with van der Waals surface area (Å²) in [4.78, 5) is 38.8. The molecule has 2 saturated heterocycles. The maximum Gasteiger partial charge on any atom is 0.233 e. The number of likely N-dealkylation sites (tertiary alicyclic amines) is 1. The molecule has 2 fully saturated rings. The first-order valence-electron chi connectivity index (χ1n) is 12.3. The second-order valence-corrected chi connectivity index (χ2v) is 11.3. The Balaban J connectivity index is 0.00000544. The van der Waals surface area contributed by atoms with Crippen LogP contribution < -0.4 is 5.32 Å². The highest BCUT2D eigenvalue weighted by atomic mass is 16.7. The molecule has 7 heteroatoms. The Bertz CT molecular complexity index is 654. The zero-order valence-electron chi connectivity index (χ0n) is 21.0. The molecule has 32 heavy (non-hydrogen) atoms. The third-order valence-electron chi connectivity index (χ3n) is 6.92. The van der Waals surface area contributed by atoms with Gasteiger partial charge in [0.2, 0.25) is 17.7 Å². The van der Waals surface area contributed by atoms with E-state index in [0.717, 1.165) is 19.3 Å². The fourth-order valence-corrected chi connectivity index (χ4v) is 4.17. The van der Waals surface area contributed by atoms with Gasteiger partial charge in [0.05, 0.1) is 31.6 Å². The van der Waals surface area contributed by atoms with Gasteiger partial charge in [-0.05, 0) is 23.7 Å². The van der Waals surface area contributed by atoms with Crippen molar-refractivity contribution in [2.45, 2.75) is 92.8 Å². The standard InChI is InChI=1S/C25H44N2O5.H2/c1-7-25(5,6)19-14-20(28)27(23(19)30)15-21-31-16-18(17-32-21)22(29)26-13-11-9-8-10-12-24(2,3)4;/h18-19,21H,7-17H2,1-6H3,(H,26,29);1H. The van der Waals surface area contributed by atoms with Crippen molar-refractivity contribution < 1.29 is 25.3 Å². The van der Waals surface area contributed by atoms with Crippen molar-refractivity contribution in [3.8, 4) is 0 Å². The minimum Gasteiger partial charge on any atom is -0.356 e. The summed E-state index contributed by atoms with van der Waals surface area (Å²) in [5.41, 5.74) is 0.168. The lowest BCUT2D eigenvalue weighted by molar-refractivity contribution is -0.208. The molecular formula is C25H46N2O5. The number of nitrogens with zero attached hydrogens (tertiary/aromatic N) is 1. The van der Waals surface area contributed by atoms with Crippen molar-refractivity contribution in [2.75, 3.05) is 26.3 Å². The molecule has 2 aliphatic heterocycles. The highest BCUT2D eigenvalue weighted by Gasteiger charge is 2.46. The summed E-state index contributed by atoms with van der Waals surface area (Å²) in [6, 6.07) is 0. The van der Waals surface area contributed by atoms with Gasteiger partial charge < -0.3 is 14.8 Å². The molecular weight excluding hydrogens is 408 g/mol. The predicted molar refractivity (Wildman–Crippen MR) is 126 cm³/mol. The molecule has 186 valence electrons. The van der Waals surface area contributed by atoms with Crippen LogP contribution in [0.25, 0.3) is 0 Å². The van der Waals surface area contributed by atoms with Gasteiger partial charge >= 0.3 is 0 Å². The van der Waals surface area contributed by atoms with Gasteiger partial charge in [-0.15, -0.1) is 0 Å². The maximum atomic E-state index is 12.8. The van der Waals surface area contributed by atoms with Crippen molar-refractivity contribution in [3.63, 3.8) is 0 Å². The number of carbonyl (C=O) groups excluding carboxylic acids is 3. The molecule has 0 radical (unpaired) electrons. The summed E-state index contributed by atoms with van der Waals surface area (Å²) >= 11 is 0. The van der Waals surface area contributed by atoms with Crippen LogP contribution in [0.5, 0.6) is 0 Å². The molecule has 0 bridgehead atoms. The van der Waals surface area contributed by atoms with Crippen molar-refractivity contribution in [2.24, 2.45) is 22.7 Å². The summed E-state index contributed by atoms with van der Waals surface area (Å²) in [6.07, 6.45) is 6.13. The average molecular weight is 455 g/mol. The number of ether oxygens (including phenoxy) is 2. The molecule has 7 nitrogen and oxygen atoms in total. The molecule has 0 aromatic heterocycles. The van der Waals surface area contributed by atoms with Crippen molar-refractivity contribution in [3.05, 3.63) is 0 Å². The molecule has 0 spiro atoms. The van der Waals surface area contributed by atoms with Gasteiger partial charge in [0.25, 0.3) is 0 Å². The lowest BCUT2D eigenvalue weighted by Crippen LogP contribution is -2.47. The average Bonchev–Trinajstić information content (AvgIpc) is 3.01. The smallest absolute Gasteiger partial charge is 0.233 e. The van der Waals surface area contributed by atoms with Crippen LogP contribution in [0.3, 0.4) is 0 Å². The summed E-state index contributed by atoms with van der Waals surface area (Å²) in [7, 11) is 0. The van der Waals surface area contributed by atoms with Crippen molar-refractivity contribution >= 4 is 17.7 Å². The van der Waals surface area contributed by atoms with Gasteiger partial charge in [0, 0.05) is 14.4 Å². The van der Waals surface area contributed by atoms with Crippen LogP contribution in [-0.4, -0.2) is 55.2 Å². The van der Waals surface area contributed by atoms with E-state index in [-0.39, 0.29) is 62.6 Å². The van der Waals surface area contributed by atoms with Crippen LogP contribution in [0.4, 0.5) is 0 Å². The Hall–Kier alpha value is -1.47. The molecule has 0 aromatic carbocycles. The fourth-order valence-electron chi connectivity index (χ4n) is 4.17. The first kappa shape index (κ1) is 26.8. The summed E-state index contributed by atoms with van der Waals surface area (Å²) in [5, 5.41) is 2.97. The molecule has 1 N–H and O–H groups in total. The molecule has 0 saturated carbocycles. The summed E-state index contributed by atoms with van der Waals surface area (Å²) in [5.74, 6) is -1.02. The largest absolute Gasteiger partial charge is 0.356 e. The van der Waals surface area contributed by atoms with Gasteiger partial charge in [0.15, 0.2) is 6.29 Å². The van der Waals surface area contributed by atoms with Gasteiger partial charge in [-0.1, -0.05) is 67.2 Å². The van der Waals surface area contributed by atoms with E-state index in [9.17, 15) is 14.4 Å². The van der Waals surface area contributed by atoms with Crippen LogP contribution in [0.2, 0.25) is 0 Å². The number of hydrogen-bond donors (Lipinski definition) is 1. The molecule has 2 heterocycles. The van der Waals surface area contributed by atoms with E-state index in [1.165, 1.54) is 24.2 Å². The SMILES string of the molecule is CCC(C)(C)C1CC(=O)N(CC2OCC(C(=O)NCCCCCCC(C)(C)C)CO2)C1=O.[HH]. The quantitative estimate of drug-likeness (QED) is 0.374. The summed E-state index contributed by atoms with van der Waals surface area (Å²) < 4.78 is 11.4. The Kier molecular flexibility index (Phi) is 9.70. The molecule has 2 rings (SSSR count). The lowest BCUT2D eigenvalue weighted by atomic mass is 9.76. The minimum atomic E-state index is -0.668. The zero-order chi connectivity index (χ0) is 23.9. The molecule has 0 aromatic rings. The Morgan fingerprint density at radius 2 is 1.69 bits per heavy atom. The normalized spacial score (nSPS) is 24.8. The van der Waals surface area contributed by atoms with Gasteiger partial charge in [0.1, 0.15) is 0 Å². The topological polar surface area (TPSA) is 84.9 Å². The number of carbonyl (C=O) groups is 3. The molecule has 1 atom stereocenters. The Morgan fingerprint density at radius 3 is 2.28 bits per heavy atom. The van der Waals surface area contributed by atoms with Gasteiger partial charge in [-0.2, -0.15) is 0 Å². The van der Waals surface area contributed by atoms with E-state index in [0.29, 0.717) is 12.0 Å². The van der Waals surface area contributed by atoms with Gasteiger partial charge in [-0.25, -0.2) is 0 Å². The van der Waals surface area contributed by atoms with Gasteiger partial charge in [-0.3, -0.25) is 19.3 Å². The third-order valence-corrected chi connectivity index (χ3v) is 6.92. The molecule has 1 unspecified atom stereocenters. The van der Waals surface area contributed by atoms with E-state index in [1.54, 1.807) is 0 Å². The number of nitrogens with one attached hydrogen (secondary N) is 1. The predicted octanol–water partition coefficient (Wildman–Crippen LogP) is 4.15. The molecule has 0 aliphatic carbocycles. The van der Waals surface area contributed by atoms with Crippen molar-refractivity contribution in [1.29, 1.82) is 0 Å². The zero-order valence-corrected chi connectivity index (χ0v) is 21.0. The number of unbranched alkanes of at least 4 members (excludes halogenated alkanes) is 3. The highest BCUT2D eigenvalue weighted by Crippen LogP contribution is 2.38. The van der Waals surface area contributed by atoms with Crippen molar-refractivity contribution in [1.82, 2.24) is 10.2 Å². The lowest BCUT2D eigenvalue weighted by Gasteiger charge is -2.32. The van der Waals surface area contributed by atoms with E-state index in [1.807, 2.05) is 20.8 Å². The maximum absolute atomic E-state index is 12.8. The van der Waals surface area contributed by atoms with Crippen LogP contribution in [0, 0.1) is 22.7 Å². The number of rotatable bonds is 11. The van der Waals surface area contributed by atoms with E-state index in [2.05, 4.69) is 26.1 Å². The summed E-state index contributed by atoms with van der Waals surface area (Å²) in [6.45, 7) is 14.1. The van der Waals surface area contributed by atoms with E-state index >= 15 is 0 Å². The molecule has 3 amide bonds. The first-order chi connectivity index (χ1) is 14.9. The first-order valence-corrected chi connectivity index (χ1v) is 12.3. The van der Waals surface area contributed by atoms with E-state index < -0.39 is 6.29 Å². The van der Waals surface area contributed by atoms with Crippen LogP contribution in [-0.2, 0) is 23.9 Å². The Morgan fingerprint density at radius 1 is 1.06 bits per heavy atom. The minimum absolute atomic E-state index is 0.